The summed E-state index contributed by atoms with van der Waals surface area (Å²) in [4.78, 5) is 14.4. The molecule has 0 aromatic carbocycles. The van der Waals surface area contributed by atoms with E-state index in [0.717, 1.165) is 18.6 Å². The molecule has 2 heterocycles. The average molecular weight is 265 g/mol. The van der Waals surface area contributed by atoms with E-state index in [4.69, 9.17) is 5.73 Å². The lowest BCUT2D eigenvalue weighted by Gasteiger charge is -2.36. The van der Waals surface area contributed by atoms with Gasteiger partial charge in [0, 0.05) is 31.1 Å². The molecule has 4 heteroatoms. The van der Waals surface area contributed by atoms with Crippen molar-refractivity contribution in [3.8, 4) is 0 Å². The normalized spacial score (nSPS) is 36.2. The van der Waals surface area contributed by atoms with E-state index < -0.39 is 0 Å². The molecule has 108 valence electrons. The van der Waals surface area contributed by atoms with Gasteiger partial charge in [-0.1, -0.05) is 0 Å². The highest BCUT2D eigenvalue weighted by Gasteiger charge is 2.38. The van der Waals surface area contributed by atoms with Crippen molar-refractivity contribution >= 4 is 5.91 Å². The van der Waals surface area contributed by atoms with Gasteiger partial charge in [-0.15, -0.1) is 0 Å². The first-order valence-corrected chi connectivity index (χ1v) is 7.87. The lowest BCUT2D eigenvalue weighted by molar-refractivity contribution is -0.121. The Hall–Kier alpha value is -0.610. The van der Waals surface area contributed by atoms with E-state index in [0.29, 0.717) is 18.3 Å². The molecule has 2 aliphatic heterocycles. The highest BCUT2D eigenvalue weighted by atomic mass is 16.1. The number of carbonyl (C=O) groups is 1. The van der Waals surface area contributed by atoms with Gasteiger partial charge in [0.05, 0.1) is 0 Å². The molecule has 3 rings (SSSR count). The van der Waals surface area contributed by atoms with Crippen LogP contribution >= 0.6 is 0 Å². The van der Waals surface area contributed by atoms with Crippen molar-refractivity contribution in [1.82, 2.24) is 10.2 Å². The first kappa shape index (κ1) is 13.4. The Morgan fingerprint density at radius 2 is 1.89 bits per heavy atom. The fourth-order valence-corrected chi connectivity index (χ4v) is 3.93. The maximum atomic E-state index is 11.9. The summed E-state index contributed by atoms with van der Waals surface area (Å²) in [6, 6.07) is 1.61. The van der Waals surface area contributed by atoms with Gasteiger partial charge < -0.3 is 16.0 Å². The minimum Gasteiger partial charge on any atom is -0.356 e. The van der Waals surface area contributed by atoms with E-state index >= 15 is 0 Å². The summed E-state index contributed by atoms with van der Waals surface area (Å²) in [7, 11) is 2.26. The molecule has 2 bridgehead atoms. The molecule has 4 nitrogen and oxygen atoms in total. The molecular weight excluding hydrogens is 238 g/mol. The Kier molecular flexibility index (Phi) is 3.81. The summed E-state index contributed by atoms with van der Waals surface area (Å²) < 4.78 is 0. The first-order valence-electron chi connectivity index (χ1n) is 7.87. The van der Waals surface area contributed by atoms with Crippen LogP contribution < -0.4 is 11.1 Å². The van der Waals surface area contributed by atoms with Gasteiger partial charge in [-0.05, 0) is 57.4 Å². The SMILES string of the molecule is CN1C2CCC1CC(CNC(=O)CC(N)C1CC1)C2. The molecule has 3 aliphatic rings. The Bertz CT molecular complexity index is 328. The fourth-order valence-electron chi connectivity index (χ4n) is 3.93. The minimum absolute atomic E-state index is 0.0914. The molecule has 3 fully saturated rings. The maximum absolute atomic E-state index is 11.9. The highest BCUT2D eigenvalue weighted by Crippen LogP contribution is 2.37. The second-order valence-corrected chi connectivity index (χ2v) is 6.90. The van der Waals surface area contributed by atoms with Crippen molar-refractivity contribution in [1.29, 1.82) is 0 Å². The van der Waals surface area contributed by atoms with Crippen LogP contribution in [0, 0.1) is 11.8 Å². The molecule has 3 N–H and O–H groups in total. The number of piperidine rings is 1. The number of amides is 1. The van der Waals surface area contributed by atoms with E-state index in [1.54, 1.807) is 0 Å². The smallest absolute Gasteiger partial charge is 0.221 e. The van der Waals surface area contributed by atoms with Crippen LogP contribution in [0.25, 0.3) is 0 Å². The Balaban J connectivity index is 1.39. The zero-order chi connectivity index (χ0) is 13.4. The summed E-state index contributed by atoms with van der Waals surface area (Å²) in [5.41, 5.74) is 5.99. The Morgan fingerprint density at radius 1 is 1.26 bits per heavy atom. The van der Waals surface area contributed by atoms with Crippen LogP contribution in [0.5, 0.6) is 0 Å². The van der Waals surface area contributed by atoms with E-state index in [-0.39, 0.29) is 11.9 Å². The molecule has 0 aromatic rings. The van der Waals surface area contributed by atoms with Crippen molar-refractivity contribution < 1.29 is 4.79 Å². The van der Waals surface area contributed by atoms with Crippen molar-refractivity contribution in [2.45, 2.75) is 63.1 Å². The molecule has 0 spiro atoms. The molecule has 1 amide bonds. The van der Waals surface area contributed by atoms with Crippen molar-refractivity contribution in [2.75, 3.05) is 13.6 Å². The summed E-state index contributed by atoms with van der Waals surface area (Å²) in [6.07, 6.45) is 8.14. The van der Waals surface area contributed by atoms with Gasteiger partial charge in [0.15, 0.2) is 0 Å². The standard InChI is InChI=1S/C15H27N3O/c1-18-12-4-5-13(18)7-10(6-12)9-17-15(19)8-14(16)11-2-3-11/h10-14H,2-9,16H2,1H3,(H,17,19). The first-order chi connectivity index (χ1) is 9.13. The number of fused-ring (bicyclic) bond motifs is 2. The van der Waals surface area contributed by atoms with Gasteiger partial charge in [0.25, 0.3) is 0 Å². The predicted octanol–water partition coefficient (Wildman–Crippen LogP) is 1.10. The van der Waals surface area contributed by atoms with Crippen molar-refractivity contribution in [2.24, 2.45) is 17.6 Å². The average Bonchev–Trinajstić information content (AvgIpc) is 3.19. The molecule has 19 heavy (non-hydrogen) atoms. The van der Waals surface area contributed by atoms with E-state index in [9.17, 15) is 4.79 Å². The van der Waals surface area contributed by atoms with Crippen molar-refractivity contribution in [3.63, 3.8) is 0 Å². The monoisotopic (exact) mass is 265 g/mol. The van der Waals surface area contributed by atoms with Gasteiger partial charge in [0.1, 0.15) is 0 Å². The van der Waals surface area contributed by atoms with Gasteiger partial charge in [-0.2, -0.15) is 0 Å². The van der Waals surface area contributed by atoms with Crippen LogP contribution in [0.15, 0.2) is 0 Å². The number of carbonyl (C=O) groups excluding carboxylic acids is 1. The number of nitrogens with zero attached hydrogens (tertiary/aromatic N) is 1. The van der Waals surface area contributed by atoms with Gasteiger partial charge >= 0.3 is 0 Å². The van der Waals surface area contributed by atoms with Crippen LogP contribution in [-0.4, -0.2) is 42.5 Å². The van der Waals surface area contributed by atoms with E-state index in [1.165, 1.54) is 38.5 Å². The molecule has 3 unspecified atom stereocenters. The number of nitrogens with two attached hydrogens (primary N) is 1. The summed E-state index contributed by atoms with van der Waals surface area (Å²) >= 11 is 0. The number of rotatable bonds is 5. The van der Waals surface area contributed by atoms with Crippen LogP contribution in [0.3, 0.4) is 0 Å². The molecule has 3 atom stereocenters. The van der Waals surface area contributed by atoms with Crippen LogP contribution in [0.2, 0.25) is 0 Å². The van der Waals surface area contributed by atoms with Gasteiger partial charge in [-0.3, -0.25) is 4.79 Å². The van der Waals surface area contributed by atoms with E-state index in [2.05, 4.69) is 17.3 Å². The van der Waals surface area contributed by atoms with Crippen LogP contribution in [-0.2, 0) is 4.79 Å². The van der Waals surface area contributed by atoms with Gasteiger partial charge in [0.2, 0.25) is 5.91 Å². The highest BCUT2D eigenvalue weighted by molar-refractivity contribution is 5.76. The second kappa shape index (κ2) is 5.41. The molecular formula is C15H27N3O. The van der Waals surface area contributed by atoms with E-state index in [1.807, 2.05) is 0 Å². The topological polar surface area (TPSA) is 58.4 Å². The molecule has 0 radical (unpaired) electrons. The molecule has 1 saturated carbocycles. The zero-order valence-electron chi connectivity index (χ0n) is 12.0. The third-order valence-corrected chi connectivity index (χ3v) is 5.43. The van der Waals surface area contributed by atoms with Gasteiger partial charge in [-0.25, -0.2) is 0 Å². The Morgan fingerprint density at radius 3 is 2.47 bits per heavy atom. The largest absolute Gasteiger partial charge is 0.356 e. The lowest BCUT2D eigenvalue weighted by atomic mass is 9.91. The summed E-state index contributed by atoms with van der Waals surface area (Å²) in [5.74, 6) is 1.45. The number of nitrogens with one attached hydrogen (secondary N) is 1. The van der Waals surface area contributed by atoms with Crippen molar-refractivity contribution in [3.05, 3.63) is 0 Å². The number of hydrogen-bond donors (Lipinski definition) is 2. The Labute approximate surface area is 116 Å². The fraction of sp³-hybridized carbons (Fsp3) is 0.933. The third kappa shape index (κ3) is 3.11. The second-order valence-electron chi connectivity index (χ2n) is 6.90. The van der Waals surface area contributed by atoms with Crippen LogP contribution in [0.4, 0.5) is 0 Å². The minimum atomic E-state index is 0.0914. The molecule has 1 aliphatic carbocycles. The summed E-state index contributed by atoms with van der Waals surface area (Å²) in [6.45, 7) is 0.858. The lowest BCUT2D eigenvalue weighted by Crippen LogP contribution is -2.43. The molecule has 2 saturated heterocycles. The number of hydrogen-bond acceptors (Lipinski definition) is 3. The summed E-state index contributed by atoms with van der Waals surface area (Å²) in [5, 5.41) is 3.11. The quantitative estimate of drug-likeness (QED) is 0.783. The van der Waals surface area contributed by atoms with Crippen LogP contribution in [0.1, 0.15) is 44.9 Å². The third-order valence-electron chi connectivity index (χ3n) is 5.43. The zero-order valence-corrected chi connectivity index (χ0v) is 12.0. The maximum Gasteiger partial charge on any atom is 0.221 e. The predicted molar refractivity (Wildman–Crippen MR) is 75.6 cm³/mol. The molecule has 0 aromatic heterocycles.